The summed E-state index contributed by atoms with van der Waals surface area (Å²) in [4.78, 5) is 23.8. The van der Waals surface area contributed by atoms with Crippen molar-refractivity contribution in [2.45, 2.75) is 13.0 Å². The van der Waals surface area contributed by atoms with E-state index in [1.165, 1.54) is 18.2 Å². The molecule has 25 heavy (non-hydrogen) atoms. The number of ether oxygens (including phenoxy) is 1. The second-order valence-electron chi connectivity index (χ2n) is 5.22. The number of nitrogens with one attached hydrogen (secondary N) is 1. The van der Waals surface area contributed by atoms with Gasteiger partial charge in [-0.15, -0.1) is 0 Å². The Morgan fingerprint density at radius 2 is 1.80 bits per heavy atom. The van der Waals surface area contributed by atoms with Crippen molar-refractivity contribution in [2.24, 2.45) is 0 Å². The molecule has 1 amide bonds. The average molecular weight is 378 g/mol. The minimum atomic E-state index is -0.235. The topological polar surface area (TPSA) is 55.4 Å². The molecule has 4 nitrogen and oxygen atoms in total. The Bertz CT molecular complexity index is 786. The summed E-state index contributed by atoms with van der Waals surface area (Å²) < 4.78 is 5.08. The molecule has 0 spiro atoms. The molecule has 2 aromatic carbocycles. The van der Waals surface area contributed by atoms with Crippen LogP contribution in [0.4, 0.5) is 0 Å². The molecule has 0 unspecified atom stereocenters. The van der Waals surface area contributed by atoms with Gasteiger partial charge >= 0.3 is 0 Å². The van der Waals surface area contributed by atoms with Crippen LogP contribution in [0.25, 0.3) is 0 Å². The molecule has 2 aromatic rings. The minimum absolute atomic E-state index is 0.114. The zero-order valence-electron chi connectivity index (χ0n) is 13.6. The number of rotatable bonds is 7. The molecule has 0 aliphatic rings. The molecule has 0 aliphatic heterocycles. The Balaban J connectivity index is 1.81. The number of hydrogen-bond acceptors (Lipinski definition) is 3. The number of hydrogen-bond donors (Lipinski definition) is 1. The van der Waals surface area contributed by atoms with Crippen LogP contribution in [-0.4, -0.2) is 18.8 Å². The molecule has 0 saturated carbocycles. The third-order valence-corrected chi connectivity index (χ3v) is 4.16. The van der Waals surface area contributed by atoms with Crippen LogP contribution in [-0.2, 0) is 11.3 Å². The van der Waals surface area contributed by atoms with Crippen molar-refractivity contribution in [3.63, 3.8) is 0 Å². The Morgan fingerprint density at radius 1 is 1.08 bits per heavy atom. The van der Waals surface area contributed by atoms with Crippen molar-refractivity contribution in [2.75, 3.05) is 7.11 Å². The van der Waals surface area contributed by atoms with Gasteiger partial charge in [0.25, 0.3) is 0 Å². The molecule has 1 N–H and O–H groups in total. The van der Waals surface area contributed by atoms with E-state index in [1.54, 1.807) is 19.2 Å². The maximum absolute atomic E-state index is 12.0. The molecule has 0 aromatic heterocycles. The molecule has 0 atom stereocenters. The molecule has 0 radical (unpaired) electrons. The van der Waals surface area contributed by atoms with Crippen LogP contribution in [0.15, 0.2) is 54.6 Å². The second kappa shape index (κ2) is 9.25. The molecular weight excluding hydrogens is 361 g/mol. The van der Waals surface area contributed by atoms with Gasteiger partial charge in [0.2, 0.25) is 5.91 Å². The third kappa shape index (κ3) is 5.93. The highest BCUT2D eigenvalue weighted by Crippen LogP contribution is 2.22. The Labute approximate surface area is 156 Å². The number of carbonyl (C=O) groups is 2. The lowest BCUT2D eigenvalue weighted by Crippen LogP contribution is -2.21. The van der Waals surface area contributed by atoms with Gasteiger partial charge in [-0.05, 0) is 42.0 Å². The van der Waals surface area contributed by atoms with E-state index in [2.05, 4.69) is 5.32 Å². The Hall–Kier alpha value is -2.30. The lowest BCUT2D eigenvalue weighted by Gasteiger charge is -2.05. The van der Waals surface area contributed by atoms with Gasteiger partial charge in [0.1, 0.15) is 5.75 Å². The monoisotopic (exact) mass is 377 g/mol. The summed E-state index contributed by atoms with van der Waals surface area (Å²) in [5.41, 5.74) is 1.38. The number of amides is 1. The van der Waals surface area contributed by atoms with Crippen LogP contribution < -0.4 is 10.1 Å². The number of allylic oxidation sites excluding steroid dienone is 1. The minimum Gasteiger partial charge on any atom is -0.497 e. The Morgan fingerprint density at radius 3 is 2.44 bits per heavy atom. The van der Waals surface area contributed by atoms with Crippen LogP contribution in [0, 0.1) is 0 Å². The lowest BCUT2D eigenvalue weighted by atomic mass is 10.1. The molecule has 0 fully saturated rings. The average Bonchev–Trinajstić information content (AvgIpc) is 2.62. The maximum Gasteiger partial charge on any atom is 0.224 e. The van der Waals surface area contributed by atoms with Crippen molar-refractivity contribution in [3.05, 3.63) is 75.8 Å². The summed E-state index contributed by atoms with van der Waals surface area (Å²) >= 11 is 11.7. The van der Waals surface area contributed by atoms with Gasteiger partial charge in [-0.2, -0.15) is 0 Å². The van der Waals surface area contributed by atoms with E-state index < -0.39 is 0 Å². The third-order valence-electron chi connectivity index (χ3n) is 3.43. The fourth-order valence-corrected chi connectivity index (χ4v) is 2.33. The Kier molecular flexibility index (Phi) is 7.04. The van der Waals surface area contributed by atoms with Gasteiger partial charge in [-0.1, -0.05) is 41.4 Å². The smallest absolute Gasteiger partial charge is 0.224 e. The number of halogens is 2. The van der Waals surface area contributed by atoms with E-state index in [-0.39, 0.29) is 18.1 Å². The van der Waals surface area contributed by atoms with Gasteiger partial charge in [0.15, 0.2) is 5.78 Å². The quantitative estimate of drug-likeness (QED) is 0.572. The molecule has 6 heteroatoms. The largest absolute Gasteiger partial charge is 0.497 e. The molecular formula is C19H17Cl2NO3. The second-order valence-corrected chi connectivity index (χ2v) is 6.04. The zero-order valence-corrected chi connectivity index (χ0v) is 15.1. The van der Waals surface area contributed by atoms with Crippen LogP contribution in [0.1, 0.15) is 22.3 Å². The van der Waals surface area contributed by atoms with E-state index in [4.69, 9.17) is 27.9 Å². The van der Waals surface area contributed by atoms with Crippen molar-refractivity contribution < 1.29 is 14.3 Å². The highest BCUT2D eigenvalue weighted by molar-refractivity contribution is 6.42. The van der Waals surface area contributed by atoms with Crippen molar-refractivity contribution in [1.29, 1.82) is 0 Å². The molecule has 0 aliphatic carbocycles. The predicted octanol–water partition coefficient (Wildman–Crippen LogP) is 4.45. The first-order valence-electron chi connectivity index (χ1n) is 7.55. The van der Waals surface area contributed by atoms with Gasteiger partial charge in [-0.25, -0.2) is 0 Å². The van der Waals surface area contributed by atoms with Crippen molar-refractivity contribution in [1.82, 2.24) is 5.32 Å². The van der Waals surface area contributed by atoms with Crippen LogP contribution in [0.2, 0.25) is 10.0 Å². The first-order valence-corrected chi connectivity index (χ1v) is 8.30. The number of ketones is 1. The van der Waals surface area contributed by atoms with Crippen molar-refractivity contribution >= 4 is 34.9 Å². The summed E-state index contributed by atoms with van der Waals surface area (Å²) in [5, 5.41) is 3.49. The van der Waals surface area contributed by atoms with Gasteiger partial charge in [0.05, 0.1) is 17.2 Å². The summed E-state index contributed by atoms with van der Waals surface area (Å²) in [6.45, 7) is 0.414. The standard InChI is InChI=1S/C19H17Cl2NO3/c1-25-15-8-5-13(6-9-15)12-22-19(24)4-2-3-18(23)14-7-10-16(20)17(21)11-14/h2-3,5-11H,4,12H2,1H3,(H,22,24). The van der Waals surface area contributed by atoms with Crippen LogP contribution >= 0.6 is 23.2 Å². The molecule has 0 heterocycles. The van der Waals surface area contributed by atoms with Gasteiger partial charge in [-0.3, -0.25) is 9.59 Å². The fourth-order valence-electron chi connectivity index (χ4n) is 2.03. The van der Waals surface area contributed by atoms with Crippen LogP contribution in [0.3, 0.4) is 0 Å². The SMILES string of the molecule is COc1ccc(CNC(=O)CC=CC(=O)c2ccc(Cl)c(Cl)c2)cc1. The van der Waals surface area contributed by atoms with Crippen molar-refractivity contribution in [3.8, 4) is 5.75 Å². The summed E-state index contributed by atoms with van der Waals surface area (Å²) in [5.74, 6) is 0.356. The van der Waals surface area contributed by atoms with Crippen LogP contribution in [0.5, 0.6) is 5.75 Å². The van der Waals surface area contributed by atoms with E-state index in [1.807, 2.05) is 24.3 Å². The summed E-state index contributed by atoms with van der Waals surface area (Å²) in [7, 11) is 1.60. The summed E-state index contributed by atoms with van der Waals surface area (Å²) in [6.07, 6.45) is 2.99. The van der Waals surface area contributed by atoms with E-state index in [9.17, 15) is 9.59 Å². The first-order chi connectivity index (χ1) is 12.0. The number of benzene rings is 2. The highest BCUT2D eigenvalue weighted by Gasteiger charge is 2.05. The predicted molar refractivity (Wildman–Crippen MR) is 99.4 cm³/mol. The lowest BCUT2D eigenvalue weighted by molar-refractivity contribution is -0.120. The van der Waals surface area contributed by atoms with Gasteiger partial charge < -0.3 is 10.1 Å². The number of carbonyl (C=O) groups excluding carboxylic acids is 2. The van der Waals surface area contributed by atoms with E-state index in [0.717, 1.165) is 11.3 Å². The molecule has 0 bridgehead atoms. The molecule has 0 saturated heterocycles. The first kappa shape index (κ1) is 19.0. The van der Waals surface area contributed by atoms with Gasteiger partial charge in [0, 0.05) is 18.5 Å². The number of methoxy groups -OCH3 is 1. The maximum atomic E-state index is 12.0. The molecule has 2 rings (SSSR count). The highest BCUT2D eigenvalue weighted by atomic mass is 35.5. The zero-order chi connectivity index (χ0) is 18.2. The van der Waals surface area contributed by atoms with E-state index in [0.29, 0.717) is 22.2 Å². The van der Waals surface area contributed by atoms with E-state index >= 15 is 0 Å². The normalized spacial score (nSPS) is 10.7. The fraction of sp³-hybridized carbons (Fsp3) is 0.158. The molecule has 130 valence electrons. The summed E-state index contributed by atoms with van der Waals surface area (Å²) in [6, 6.07) is 12.1.